The Labute approximate surface area is 42.4 Å². The van der Waals surface area contributed by atoms with Gasteiger partial charge >= 0.3 is 0 Å². The summed E-state index contributed by atoms with van der Waals surface area (Å²) in [5, 5.41) is 0. The monoisotopic (exact) mass is 97.1 g/mol. The molecular formula is C5H7NO. The molecule has 0 spiro atoms. The van der Waals surface area contributed by atoms with Gasteiger partial charge in [0.2, 0.25) is 0 Å². The maximum absolute atomic E-state index is 5.05. The first kappa shape index (κ1) is 3.50. The van der Waals surface area contributed by atoms with E-state index in [1.807, 2.05) is 0 Å². The number of nitrogens with zero attached hydrogens (tertiary/aromatic N) is 1. The van der Waals surface area contributed by atoms with Crippen molar-refractivity contribution in [2.75, 3.05) is 13.3 Å². The fourth-order valence-corrected chi connectivity index (χ4v) is 0.885. The molecule has 0 aromatic heterocycles. The lowest BCUT2D eigenvalue weighted by Crippen LogP contribution is -1.93. The molecule has 0 radical (unpaired) electrons. The van der Waals surface area contributed by atoms with Crippen molar-refractivity contribution in [3.63, 3.8) is 0 Å². The first-order valence-electron chi connectivity index (χ1n) is 2.43. The Morgan fingerprint density at radius 2 is 2.71 bits per heavy atom. The van der Waals surface area contributed by atoms with Gasteiger partial charge in [0.15, 0.2) is 0 Å². The molecule has 2 nitrogen and oxygen atoms in total. The summed E-state index contributed by atoms with van der Waals surface area (Å²) >= 11 is 0. The SMILES string of the molecule is C=C1OCN2CC12. The molecule has 0 saturated carbocycles. The van der Waals surface area contributed by atoms with Gasteiger partial charge in [0, 0.05) is 6.54 Å². The fraction of sp³-hybridized carbons (Fsp3) is 0.600. The maximum Gasteiger partial charge on any atom is 0.142 e. The second-order valence-electron chi connectivity index (χ2n) is 2.03. The van der Waals surface area contributed by atoms with Crippen LogP contribution >= 0.6 is 0 Å². The Hall–Kier alpha value is -0.500. The van der Waals surface area contributed by atoms with Gasteiger partial charge in [-0.2, -0.15) is 0 Å². The molecule has 2 aliphatic heterocycles. The fourth-order valence-electron chi connectivity index (χ4n) is 0.885. The molecule has 2 rings (SSSR count). The summed E-state index contributed by atoms with van der Waals surface area (Å²) in [4.78, 5) is 2.22. The minimum absolute atomic E-state index is 0.597. The van der Waals surface area contributed by atoms with Gasteiger partial charge in [-0.1, -0.05) is 6.58 Å². The first-order valence-corrected chi connectivity index (χ1v) is 2.43. The lowest BCUT2D eigenvalue weighted by atomic mass is 10.4. The van der Waals surface area contributed by atoms with Gasteiger partial charge in [-0.15, -0.1) is 0 Å². The van der Waals surface area contributed by atoms with Crippen LogP contribution in [0.2, 0.25) is 0 Å². The molecule has 2 fully saturated rings. The Balaban J connectivity index is 2.21. The highest BCUT2D eigenvalue weighted by Gasteiger charge is 2.43. The van der Waals surface area contributed by atoms with Crippen molar-refractivity contribution in [2.24, 2.45) is 0 Å². The van der Waals surface area contributed by atoms with Crippen LogP contribution in [0, 0.1) is 0 Å². The van der Waals surface area contributed by atoms with Crippen LogP contribution < -0.4 is 0 Å². The van der Waals surface area contributed by atoms with E-state index in [1.54, 1.807) is 0 Å². The van der Waals surface area contributed by atoms with Gasteiger partial charge in [0.1, 0.15) is 12.5 Å². The molecule has 2 unspecified atom stereocenters. The lowest BCUT2D eigenvalue weighted by Gasteiger charge is -1.94. The van der Waals surface area contributed by atoms with E-state index in [0.29, 0.717) is 6.04 Å². The highest BCUT2D eigenvalue weighted by Crippen LogP contribution is 2.30. The van der Waals surface area contributed by atoms with Crippen LogP contribution in [0.3, 0.4) is 0 Å². The molecule has 2 heteroatoms. The number of fused-ring (bicyclic) bond motifs is 1. The van der Waals surface area contributed by atoms with Gasteiger partial charge in [-0.3, -0.25) is 4.90 Å². The third-order valence-electron chi connectivity index (χ3n) is 1.50. The number of hydrogen-bond donors (Lipinski definition) is 0. The average molecular weight is 97.1 g/mol. The Kier molecular flexibility index (Phi) is 0.421. The molecule has 2 saturated heterocycles. The Morgan fingerprint density at radius 1 is 1.86 bits per heavy atom. The molecule has 0 amide bonds. The minimum atomic E-state index is 0.597. The zero-order valence-electron chi connectivity index (χ0n) is 4.05. The van der Waals surface area contributed by atoms with Crippen molar-refractivity contribution in [1.82, 2.24) is 4.90 Å². The summed E-state index contributed by atoms with van der Waals surface area (Å²) in [7, 11) is 0. The van der Waals surface area contributed by atoms with Crippen LogP contribution in [0.1, 0.15) is 0 Å². The summed E-state index contributed by atoms with van der Waals surface area (Å²) in [6.45, 7) is 5.67. The Bertz CT molecular complexity index is 121. The van der Waals surface area contributed by atoms with E-state index in [0.717, 1.165) is 12.5 Å². The smallest absolute Gasteiger partial charge is 0.142 e. The number of rotatable bonds is 0. The van der Waals surface area contributed by atoms with Crippen LogP contribution in [-0.2, 0) is 4.74 Å². The van der Waals surface area contributed by atoms with Crippen molar-refractivity contribution >= 4 is 0 Å². The predicted octanol–water partition coefficient (Wildman–Crippen LogP) is 0.172. The summed E-state index contributed by atoms with van der Waals surface area (Å²) < 4.78 is 5.05. The molecule has 0 aromatic carbocycles. The van der Waals surface area contributed by atoms with E-state index in [1.165, 1.54) is 6.54 Å². The van der Waals surface area contributed by atoms with Crippen molar-refractivity contribution in [2.45, 2.75) is 6.04 Å². The normalized spacial score (nSPS) is 45.4. The van der Waals surface area contributed by atoms with Crippen LogP contribution in [0.25, 0.3) is 0 Å². The lowest BCUT2D eigenvalue weighted by molar-refractivity contribution is 0.199. The molecule has 38 valence electrons. The van der Waals surface area contributed by atoms with Gasteiger partial charge in [-0.25, -0.2) is 0 Å². The largest absolute Gasteiger partial charge is 0.481 e. The minimum Gasteiger partial charge on any atom is -0.481 e. The van der Waals surface area contributed by atoms with E-state index in [2.05, 4.69) is 11.5 Å². The molecule has 7 heavy (non-hydrogen) atoms. The zero-order valence-corrected chi connectivity index (χ0v) is 4.05. The second kappa shape index (κ2) is 0.842. The summed E-state index contributed by atoms with van der Waals surface area (Å²) in [6, 6.07) is 0.597. The van der Waals surface area contributed by atoms with Gasteiger partial charge < -0.3 is 4.74 Å². The molecule has 0 aromatic rings. The van der Waals surface area contributed by atoms with E-state index in [-0.39, 0.29) is 0 Å². The third kappa shape index (κ3) is 0.320. The van der Waals surface area contributed by atoms with E-state index in [4.69, 9.17) is 4.74 Å². The van der Waals surface area contributed by atoms with Gasteiger partial charge in [0.25, 0.3) is 0 Å². The summed E-state index contributed by atoms with van der Waals surface area (Å²) in [6.07, 6.45) is 0. The standard InChI is InChI=1S/C5H7NO/c1-4-5-2-6(5)3-7-4/h5H,1-3H2. The summed E-state index contributed by atoms with van der Waals surface area (Å²) in [5.74, 6) is 0.958. The van der Waals surface area contributed by atoms with Crippen molar-refractivity contribution in [3.8, 4) is 0 Å². The zero-order chi connectivity index (χ0) is 4.85. The highest BCUT2D eigenvalue weighted by atomic mass is 16.5. The van der Waals surface area contributed by atoms with Gasteiger partial charge in [-0.05, 0) is 0 Å². The highest BCUT2D eigenvalue weighted by molar-refractivity contribution is 5.13. The predicted molar refractivity (Wildman–Crippen MR) is 25.6 cm³/mol. The van der Waals surface area contributed by atoms with E-state index in [9.17, 15) is 0 Å². The van der Waals surface area contributed by atoms with Crippen LogP contribution in [0.15, 0.2) is 12.3 Å². The van der Waals surface area contributed by atoms with E-state index >= 15 is 0 Å². The van der Waals surface area contributed by atoms with Crippen LogP contribution in [0.5, 0.6) is 0 Å². The van der Waals surface area contributed by atoms with Crippen molar-refractivity contribution < 1.29 is 4.74 Å². The molecule has 0 N–H and O–H groups in total. The molecule has 0 bridgehead atoms. The number of ether oxygens (including phenoxy) is 1. The average Bonchev–Trinajstić information content (AvgIpc) is 2.33. The Morgan fingerprint density at radius 3 is 2.86 bits per heavy atom. The molecule has 2 heterocycles. The number of hydrogen-bond acceptors (Lipinski definition) is 2. The quantitative estimate of drug-likeness (QED) is 0.399. The van der Waals surface area contributed by atoms with Crippen LogP contribution in [-0.4, -0.2) is 24.2 Å². The third-order valence-corrected chi connectivity index (χ3v) is 1.50. The molecular weight excluding hydrogens is 90.1 g/mol. The maximum atomic E-state index is 5.05. The molecule has 0 aliphatic carbocycles. The van der Waals surface area contributed by atoms with Crippen LogP contribution in [0.4, 0.5) is 0 Å². The van der Waals surface area contributed by atoms with E-state index < -0.39 is 0 Å². The van der Waals surface area contributed by atoms with Crippen molar-refractivity contribution in [3.05, 3.63) is 12.3 Å². The topological polar surface area (TPSA) is 12.2 Å². The summed E-state index contributed by atoms with van der Waals surface area (Å²) in [5.41, 5.74) is 0. The second-order valence-corrected chi connectivity index (χ2v) is 2.03. The first-order chi connectivity index (χ1) is 3.38. The molecule has 2 aliphatic rings. The van der Waals surface area contributed by atoms with Crippen molar-refractivity contribution in [1.29, 1.82) is 0 Å². The van der Waals surface area contributed by atoms with Gasteiger partial charge in [0.05, 0.1) is 6.04 Å². The molecule has 2 atom stereocenters.